The third-order valence-corrected chi connectivity index (χ3v) is 4.00. The smallest absolute Gasteiger partial charge is 0.124 e. The maximum Gasteiger partial charge on any atom is 0.124 e. The van der Waals surface area contributed by atoms with Crippen LogP contribution in [0.2, 0.25) is 0 Å². The van der Waals surface area contributed by atoms with E-state index in [4.69, 9.17) is 4.42 Å². The van der Waals surface area contributed by atoms with Gasteiger partial charge in [0.15, 0.2) is 0 Å². The van der Waals surface area contributed by atoms with E-state index in [1.165, 1.54) is 10.8 Å². The number of hydrogen-bond acceptors (Lipinski definition) is 2. The number of pyridine rings is 1. The molecule has 103 valence electrons. The van der Waals surface area contributed by atoms with Crippen molar-refractivity contribution < 1.29 is 24.5 Å². The summed E-state index contributed by atoms with van der Waals surface area (Å²) in [6.45, 7) is 2.04. The van der Waals surface area contributed by atoms with Gasteiger partial charge in [0, 0.05) is 26.3 Å². The number of hydrogen-bond donors (Lipinski definition) is 0. The van der Waals surface area contributed by atoms with Gasteiger partial charge in [-0.1, -0.05) is 36.6 Å². The van der Waals surface area contributed by atoms with Crippen LogP contribution in [-0.4, -0.2) is 4.98 Å². The van der Waals surface area contributed by atoms with Gasteiger partial charge in [-0.2, -0.15) is 0 Å². The van der Waals surface area contributed by atoms with Crippen molar-refractivity contribution in [3.63, 3.8) is 0 Å². The molecule has 0 unspecified atom stereocenters. The summed E-state index contributed by atoms with van der Waals surface area (Å²) in [6.07, 6.45) is 1.84. The standard InChI is InChI=1S/C18H10NO.Ir/c1-10-8-13-17-15(9-10)20-14-6-2-4-11(16(14)17)12-5-3-7-19-18(12)13;/h2-7,9H,1H3;/q-1;. The molecule has 3 aromatic carbocycles. The second-order valence-electron chi connectivity index (χ2n) is 5.25. The van der Waals surface area contributed by atoms with E-state index in [2.05, 4.69) is 29.2 Å². The second-order valence-corrected chi connectivity index (χ2v) is 5.25. The third-order valence-electron chi connectivity index (χ3n) is 4.00. The summed E-state index contributed by atoms with van der Waals surface area (Å²) in [7, 11) is 0. The van der Waals surface area contributed by atoms with Crippen LogP contribution in [0.3, 0.4) is 0 Å². The quantitative estimate of drug-likeness (QED) is 0.251. The minimum Gasteiger partial charge on any atom is -0.476 e. The van der Waals surface area contributed by atoms with Crippen molar-refractivity contribution in [3.05, 3.63) is 54.2 Å². The van der Waals surface area contributed by atoms with Crippen molar-refractivity contribution in [1.29, 1.82) is 0 Å². The molecule has 0 aliphatic carbocycles. The Balaban J connectivity index is 0.00000115. The SMILES string of the molecule is Cc1[c-]c2c3ncccc3c3cccc4oc(c1)c2c43.[Ir]. The molecule has 0 saturated heterocycles. The molecule has 2 heterocycles. The largest absolute Gasteiger partial charge is 0.476 e. The summed E-state index contributed by atoms with van der Waals surface area (Å²) in [5.41, 5.74) is 3.94. The van der Waals surface area contributed by atoms with Gasteiger partial charge in [0.2, 0.25) is 0 Å². The van der Waals surface area contributed by atoms with E-state index in [1.807, 2.05) is 31.3 Å². The second kappa shape index (κ2) is 4.27. The molecule has 5 rings (SSSR count). The Morgan fingerprint density at radius 3 is 2.76 bits per heavy atom. The van der Waals surface area contributed by atoms with Gasteiger partial charge in [0.25, 0.3) is 0 Å². The molecular weight excluding hydrogens is 438 g/mol. The van der Waals surface area contributed by atoms with E-state index in [0.717, 1.165) is 38.4 Å². The van der Waals surface area contributed by atoms with E-state index in [0.29, 0.717) is 0 Å². The van der Waals surface area contributed by atoms with Gasteiger partial charge in [0.05, 0.1) is 5.58 Å². The molecule has 3 heteroatoms. The fourth-order valence-electron chi connectivity index (χ4n) is 3.23. The molecule has 0 bridgehead atoms. The molecule has 21 heavy (non-hydrogen) atoms. The summed E-state index contributed by atoms with van der Waals surface area (Å²) in [5, 5.41) is 5.76. The summed E-state index contributed by atoms with van der Waals surface area (Å²) >= 11 is 0. The van der Waals surface area contributed by atoms with E-state index >= 15 is 0 Å². The van der Waals surface area contributed by atoms with Gasteiger partial charge in [-0.3, -0.25) is 0 Å². The van der Waals surface area contributed by atoms with Crippen LogP contribution in [0.1, 0.15) is 5.56 Å². The molecule has 0 N–H and O–H groups in total. The molecule has 2 nitrogen and oxygen atoms in total. The maximum atomic E-state index is 6.02. The Kier molecular flexibility index (Phi) is 2.59. The van der Waals surface area contributed by atoms with Crippen LogP contribution < -0.4 is 0 Å². The summed E-state index contributed by atoms with van der Waals surface area (Å²) in [6, 6.07) is 15.8. The zero-order valence-electron chi connectivity index (χ0n) is 11.2. The van der Waals surface area contributed by atoms with E-state index in [9.17, 15) is 0 Å². The minimum atomic E-state index is 0. The Morgan fingerprint density at radius 2 is 1.86 bits per heavy atom. The zero-order chi connectivity index (χ0) is 13.3. The first-order chi connectivity index (χ1) is 9.83. The molecule has 0 amide bonds. The van der Waals surface area contributed by atoms with Crippen molar-refractivity contribution in [3.8, 4) is 0 Å². The van der Waals surface area contributed by atoms with Gasteiger partial charge >= 0.3 is 0 Å². The number of aromatic nitrogens is 1. The summed E-state index contributed by atoms with van der Waals surface area (Å²) < 4.78 is 6.02. The van der Waals surface area contributed by atoms with Crippen LogP contribution >= 0.6 is 0 Å². The van der Waals surface area contributed by atoms with Crippen LogP contribution in [0, 0.1) is 13.0 Å². The molecule has 1 radical (unpaired) electrons. The van der Waals surface area contributed by atoms with Crippen LogP contribution in [0.15, 0.2) is 47.0 Å². The normalized spacial score (nSPS) is 11.7. The topological polar surface area (TPSA) is 26.0 Å². The van der Waals surface area contributed by atoms with Crippen LogP contribution in [-0.2, 0) is 20.1 Å². The Hall–Kier alpha value is -1.96. The number of nitrogens with zero attached hydrogens (tertiary/aromatic N) is 1. The minimum absolute atomic E-state index is 0. The first kappa shape index (κ1) is 12.8. The Labute approximate surface area is 134 Å². The number of benzene rings is 3. The molecule has 0 aliphatic rings. The first-order valence-corrected chi connectivity index (χ1v) is 6.67. The predicted octanol–water partition coefficient (Wildman–Crippen LogP) is 4.83. The van der Waals surface area contributed by atoms with Gasteiger partial charge in [0.1, 0.15) is 5.58 Å². The monoisotopic (exact) mass is 449 g/mol. The van der Waals surface area contributed by atoms with Crippen molar-refractivity contribution in [1.82, 2.24) is 4.98 Å². The van der Waals surface area contributed by atoms with Gasteiger partial charge < -0.3 is 9.40 Å². The summed E-state index contributed by atoms with van der Waals surface area (Å²) in [4.78, 5) is 4.58. The average Bonchev–Trinajstić information content (AvgIpc) is 2.84. The average molecular weight is 449 g/mol. The van der Waals surface area contributed by atoms with E-state index in [-0.39, 0.29) is 20.1 Å². The number of rotatable bonds is 0. The van der Waals surface area contributed by atoms with E-state index in [1.54, 1.807) is 0 Å². The number of aryl methyl sites for hydroxylation is 1. The third kappa shape index (κ3) is 1.53. The maximum absolute atomic E-state index is 6.02. The van der Waals surface area contributed by atoms with Gasteiger partial charge in [-0.05, 0) is 33.8 Å². The molecule has 2 aromatic heterocycles. The predicted molar refractivity (Wildman–Crippen MR) is 81.3 cm³/mol. The molecule has 0 saturated carbocycles. The summed E-state index contributed by atoms with van der Waals surface area (Å²) in [5.74, 6) is 0. The molecule has 0 atom stereocenters. The molecule has 0 aliphatic heterocycles. The molecule has 0 fully saturated rings. The molecular formula is C18H10IrNO-. The molecule has 0 spiro atoms. The van der Waals surface area contributed by atoms with Gasteiger partial charge in [-0.25, -0.2) is 0 Å². The fourth-order valence-corrected chi connectivity index (χ4v) is 3.23. The van der Waals surface area contributed by atoms with E-state index < -0.39 is 0 Å². The van der Waals surface area contributed by atoms with Crippen LogP contribution in [0.5, 0.6) is 0 Å². The first-order valence-electron chi connectivity index (χ1n) is 6.67. The Bertz CT molecular complexity index is 1110. The number of furan rings is 1. The van der Waals surface area contributed by atoms with Crippen molar-refractivity contribution in [2.24, 2.45) is 0 Å². The van der Waals surface area contributed by atoms with Crippen LogP contribution in [0.4, 0.5) is 0 Å². The number of fused-ring (bicyclic) bond motifs is 3. The molecule has 5 aromatic rings. The fraction of sp³-hybridized carbons (Fsp3) is 0.0556. The zero-order valence-corrected chi connectivity index (χ0v) is 13.6. The van der Waals surface area contributed by atoms with Crippen molar-refractivity contribution >= 4 is 43.6 Å². The van der Waals surface area contributed by atoms with Crippen molar-refractivity contribution in [2.75, 3.05) is 0 Å². The van der Waals surface area contributed by atoms with Crippen LogP contribution in [0.25, 0.3) is 43.6 Å². The van der Waals surface area contributed by atoms with Gasteiger partial charge in [-0.15, -0.1) is 17.0 Å². The Morgan fingerprint density at radius 1 is 1.00 bits per heavy atom. The van der Waals surface area contributed by atoms with Crippen molar-refractivity contribution in [2.45, 2.75) is 6.92 Å².